The maximum Gasteiger partial charge on any atom is 0.433 e. The second kappa shape index (κ2) is 9.49. The fourth-order valence-corrected chi connectivity index (χ4v) is 4.91. The predicted molar refractivity (Wildman–Crippen MR) is 128 cm³/mol. The van der Waals surface area contributed by atoms with Crippen molar-refractivity contribution >= 4 is 17.3 Å². The maximum absolute atomic E-state index is 14.0. The second-order valence-electron chi connectivity index (χ2n) is 9.49. The van der Waals surface area contributed by atoms with E-state index in [0.717, 1.165) is 12.3 Å². The number of aliphatic hydroxyl groups is 1. The normalized spacial score (nSPS) is 21.2. The Labute approximate surface area is 218 Å². The highest BCUT2D eigenvalue weighted by molar-refractivity contribution is 6.04. The van der Waals surface area contributed by atoms with Crippen LogP contribution in [0.2, 0.25) is 0 Å². The summed E-state index contributed by atoms with van der Waals surface area (Å²) in [6.07, 6.45) is -8.17. The molecule has 206 valence electrons. The third kappa shape index (κ3) is 4.91. The van der Waals surface area contributed by atoms with Gasteiger partial charge in [-0.05, 0) is 48.4 Å². The number of fused-ring (bicyclic) bond motifs is 3. The molecule has 13 heteroatoms. The molecule has 2 unspecified atom stereocenters. The van der Waals surface area contributed by atoms with E-state index in [1.807, 2.05) is 0 Å². The summed E-state index contributed by atoms with van der Waals surface area (Å²) in [4.78, 5) is 21.7. The van der Waals surface area contributed by atoms with Gasteiger partial charge in [-0.15, -0.1) is 0 Å². The average molecular weight is 552 g/mol. The van der Waals surface area contributed by atoms with Crippen LogP contribution >= 0.6 is 0 Å². The van der Waals surface area contributed by atoms with E-state index in [4.69, 9.17) is 4.74 Å². The lowest BCUT2D eigenvalue weighted by Gasteiger charge is -2.47. The molecular weight excluding hydrogens is 530 g/mol. The van der Waals surface area contributed by atoms with Gasteiger partial charge in [0.15, 0.2) is 0 Å². The SMILES string of the molecule is Cc1ccc(NC(=O)c2ccnc(C(F)(F)F)c2)cc1-c1cnc2c(c1)N1CCOCC1CC2(O)C(F)(F)F. The smallest absolute Gasteiger partial charge is 0.377 e. The summed E-state index contributed by atoms with van der Waals surface area (Å²) < 4.78 is 86.3. The minimum atomic E-state index is -4.96. The summed E-state index contributed by atoms with van der Waals surface area (Å²) >= 11 is 0. The lowest BCUT2D eigenvalue weighted by Crippen LogP contribution is -2.58. The largest absolute Gasteiger partial charge is 0.433 e. The fraction of sp³-hybridized carbons (Fsp3) is 0.346. The first kappa shape index (κ1) is 26.9. The van der Waals surface area contributed by atoms with Crippen LogP contribution in [0.1, 0.15) is 33.7 Å². The zero-order valence-electron chi connectivity index (χ0n) is 20.4. The number of halogens is 6. The number of aromatic nitrogens is 2. The minimum Gasteiger partial charge on any atom is -0.377 e. The molecule has 2 N–H and O–H groups in total. The van der Waals surface area contributed by atoms with E-state index >= 15 is 0 Å². The van der Waals surface area contributed by atoms with Crippen LogP contribution in [0.25, 0.3) is 11.1 Å². The van der Waals surface area contributed by atoms with Crippen LogP contribution in [0.15, 0.2) is 48.8 Å². The van der Waals surface area contributed by atoms with E-state index in [0.29, 0.717) is 35.9 Å². The molecular formula is C26H22F6N4O3. The molecule has 2 aromatic heterocycles. The zero-order valence-corrected chi connectivity index (χ0v) is 20.4. The average Bonchev–Trinajstić information content (AvgIpc) is 2.88. The third-order valence-electron chi connectivity index (χ3n) is 6.92. The third-order valence-corrected chi connectivity index (χ3v) is 6.92. The van der Waals surface area contributed by atoms with Gasteiger partial charge in [-0.1, -0.05) is 6.07 Å². The van der Waals surface area contributed by atoms with E-state index < -0.39 is 47.7 Å². The molecule has 3 aromatic rings. The zero-order chi connectivity index (χ0) is 28.2. The van der Waals surface area contributed by atoms with Gasteiger partial charge in [0.25, 0.3) is 5.91 Å². The number of anilines is 2. The van der Waals surface area contributed by atoms with Gasteiger partial charge < -0.3 is 20.1 Å². The molecule has 0 radical (unpaired) electrons. The molecule has 7 nitrogen and oxygen atoms in total. The summed E-state index contributed by atoms with van der Waals surface area (Å²) in [6.45, 7) is 2.39. The van der Waals surface area contributed by atoms with Crippen molar-refractivity contribution in [2.75, 3.05) is 30.0 Å². The highest BCUT2D eigenvalue weighted by Crippen LogP contribution is 2.50. The number of amides is 1. The van der Waals surface area contributed by atoms with Gasteiger partial charge in [-0.2, -0.15) is 26.3 Å². The molecule has 1 amide bonds. The van der Waals surface area contributed by atoms with Crippen LogP contribution in [-0.4, -0.2) is 53.0 Å². The van der Waals surface area contributed by atoms with E-state index in [1.165, 1.54) is 12.3 Å². The standard InChI is InChI=1S/C26H22F6N4O3/c1-14-2-3-17(35-23(37)15-4-5-33-21(9-15)25(27,28)29)10-19(14)16-8-20-22(34-12-16)24(38,26(30,31)32)11-18-13-39-7-6-36(18)20/h2-5,8-10,12,18,38H,6-7,11,13H2,1H3,(H,35,37). The van der Waals surface area contributed by atoms with Gasteiger partial charge in [-0.25, -0.2) is 0 Å². The molecule has 1 fully saturated rings. The number of ether oxygens (including phenoxy) is 1. The van der Waals surface area contributed by atoms with Crippen LogP contribution in [0, 0.1) is 6.92 Å². The van der Waals surface area contributed by atoms with Crippen molar-refractivity contribution in [3.8, 4) is 11.1 Å². The number of morpholine rings is 1. The Hall–Kier alpha value is -3.71. The van der Waals surface area contributed by atoms with Crippen molar-refractivity contribution in [3.63, 3.8) is 0 Å². The molecule has 2 atom stereocenters. The highest BCUT2D eigenvalue weighted by atomic mass is 19.4. The molecule has 0 spiro atoms. The lowest BCUT2D eigenvalue weighted by molar-refractivity contribution is -0.274. The molecule has 1 saturated heterocycles. The molecule has 0 aliphatic carbocycles. The first-order valence-electron chi connectivity index (χ1n) is 11.9. The number of rotatable bonds is 3. The molecule has 0 bridgehead atoms. The van der Waals surface area contributed by atoms with Gasteiger partial charge in [-0.3, -0.25) is 14.8 Å². The Morgan fingerprint density at radius 3 is 2.62 bits per heavy atom. The van der Waals surface area contributed by atoms with Gasteiger partial charge in [0.2, 0.25) is 5.60 Å². The van der Waals surface area contributed by atoms with Crippen LogP contribution in [-0.2, 0) is 16.5 Å². The molecule has 0 saturated carbocycles. The van der Waals surface area contributed by atoms with E-state index in [2.05, 4.69) is 15.3 Å². The molecule has 2 aliphatic rings. The van der Waals surface area contributed by atoms with E-state index in [-0.39, 0.29) is 23.5 Å². The molecule has 1 aromatic carbocycles. The molecule has 5 rings (SSSR count). The Bertz CT molecular complexity index is 1430. The number of pyridine rings is 2. The summed E-state index contributed by atoms with van der Waals surface area (Å²) in [5, 5.41) is 13.3. The number of carbonyl (C=O) groups is 1. The van der Waals surface area contributed by atoms with E-state index in [1.54, 1.807) is 30.0 Å². The van der Waals surface area contributed by atoms with Crippen LogP contribution < -0.4 is 10.2 Å². The number of hydrogen-bond donors (Lipinski definition) is 2. The molecule has 2 aliphatic heterocycles. The van der Waals surface area contributed by atoms with Crippen molar-refractivity contribution in [3.05, 3.63) is 71.3 Å². The van der Waals surface area contributed by atoms with Gasteiger partial charge >= 0.3 is 12.4 Å². The van der Waals surface area contributed by atoms with Crippen molar-refractivity contribution < 1.29 is 41.0 Å². The molecule has 39 heavy (non-hydrogen) atoms. The number of alkyl halides is 6. The number of carbonyl (C=O) groups excluding carboxylic acids is 1. The Morgan fingerprint density at radius 1 is 1.13 bits per heavy atom. The quantitative estimate of drug-likeness (QED) is 0.441. The van der Waals surface area contributed by atoms with Crippen molar-refractivity contribution in [2.24, 2.45) is 0 Å². The summed E-state index contributed by atoms with van der Waals surface area (Å²) in [6, 6.07) is 7.35. The first-order chi connectivity index (χ1) is 18.3. The van der Waals surface area contributed by atoms with Gasteiger partial charge in [0.05, 0.1) is 24.9 Å². The predicted octanol–water partition coefficient (Wildman–Crippen LogP) is 5.08. The van der Waals surface area contributed by atoms with Gasteiger partial charge in [0, 0.05) is 42.2 Å². The summed E-state index contributed by atoms with van der Waals surface area (Å²) in [5.74, 6) is -0.798. The van der Waals surface area contributed by atoms with Crippen molar-refractivity contribution in [2.45, 2.75) is 37.3 Å². The molecule has 4 heterocycles. The maximum atomic E-state index is 14.0. The summed E-state index contributed by atoms with van der Waals surface area (Å²) in [5.41, 5.74) is -3.04. The second-order valence-corrected chi connectivity index (χ2v) is 9.49. The van der Waals surface area contributed by atoms with Crippen molar-refractivity contribution in [1.82, 2.24) is 9.97 Å². The van der Waals surface area contributed by atoms with Gasteiger partial charge in [0.1, 0.15) is 11.4 Å². The van der Waals surface area contributed by atoms with Crippen LogP contribution in [0.5, 0.6) is 0 Å². The summed E-state index contributed by atoms with van der Waals surface area (Å²) in [7, 11) is 0. The Balaban J connectivity index is 1.50. The highest BCUT2D eigenvalue weighted by Gasteiger charge is 2.61. The number of benzene rings is 1. The Morgan fingerprint density at radius 2 is 1.90 bits per heavy atom. The Kier molecular flexibility index (Phi) is 6.54. The van der Waals surface area contributed by atoms with Crippen LogP contribution in [0.3, 0.4) is 0 Å². The number of hydrogen-bond acceptors (Lipinski definition) is 6. The van der Waals surface area contributed by atoms with Crippen molar-refractivity contribution in [1.29, 1.82) is 0 Å². The fourth-order valence-electron chi connectivity index (χ4n) is 4.91. The monoisotopic (exact) mass is 552 g/mol. The van der Waals surface area contributed by atoms with E-state index in [9.17, 15) is 36.2 Å². The topological polar surface area (TPSA) is 87.6 Å². The lowest BCUT2D eigenvalue weighted by atomic mass is 9.83. The number of aryl methyl sites for hydroxylation is 1. The number of nitrogens with one attached hydrogen (secondary N) is 1. The minimum absolute atomic E-state index is 0.0215. The number of nitrogens with zero attached hydrogens (tertiary/aromatic N) is 3. The van der Waals surface area contributed by atoms with Crippen LogP contribution in [0.4, 0.5) is 37.7 Å². The first-order valence-corrected chi connectivity index (χ1v) is 11.9.